The molecular weight excluding hydrogens is 136 g/mol. The molecule has 1 nitrogen and oxygen atoms in total. The topological polar surface area (TPSA) is 9.23 Å². The molecule has 0 radical (unpaired) electrons. The van der Waals surface area contributed by atoms with Gasteiger partial charge in [0.15, 0.2) is 0 Å². The lowest BCUT2D eigenvalue weighted by Gasteiger charge is -2.06. The molecule has 1 rings (SSSR count). The molecule has 0 N–H and O–H groups in total. The number of rotatable bonds is 2. The van der Waals surface area contributed by atoms with E-state index in [-0.39, 0.29) is 0 Å². The first-order valence-corrected chi connectivity index (χ1v) is 3.54. The zero-order valence-electron chi connectivity index (χ0n) is 6.92. The predicted octanol–water partition coefficient (Wildman–Crippen LogP) is 2.73. The zero-order valence-corrected chi connectivity index (χ0v) is 6.92. The first kappa shape index (κ1) is 7.86. The fourth-order valence-corrected chi connectivity index (χ4v) is 0.997. The predicted molar refractivity (Wildman–Crippen MR) is 47.7 cm³/mol. The Hall–Kier alpha value is -1.24. The van der Waals surface area contributed by atoms with Crippen LogP contribution in [-0.2, 0) is 0 Å². The highest BCUT2D eigenvalue weighted by molar-refractivity contribution is 5.66. The van der Waals surface area contributed by atoms with E-state index in [1.165, 1.54) is 0 Å². The van der Waals surface area contributed by atoms with Crippen molar-refractivity contribution in [3.63, 3.8) is 0 Å². The second-order valence-electron chi connectivity index (χ2n) is 2.48. The summed E-state index contributed by atoms with van der Waals surface area (Å²) in [5.41, 5.74) is 2.11. The molecule has 0 amide bonds. The van der Waals surface area contributed by atoms with Crippen LogP contribution in [0.3, 0.4) is 0 Å². The molecule has 58 valence electrons. The minimum absolute atomic E-state index is 0.889. The summed E-state index contributed by atoms with van der Waals surface area (Å²) in [5.74, 6) is 0.889. The summed E-state index contributed by atoms with van der Waals surface area (Å²) >= 11 is 0. The van der Waals surface area contributed by atoms with Gasteiger partial charge in [0.25, 0.3) is 0 Å². The van der Waals surface area contributed by atoms with E-state index in [1.807, 2.05) is 31.2 Å². The van der Waals surface area contributed by atoms with Gasteiger partial charge in [0.1, 0.15) is 5.75 Å². The molecule has 0 saturated carbocycles. The van der Waals surface area contributed by atoms with E-state index < -0.39 is 0 Å². The fourth-order valence-electron chi connectivity index (χ4n) is 0.997. The summed E-state index contributed by atoms with van der Waals surface area (Å²) in [6.45, 7) is 5.82. The maximum atomic E-state index is 5.15. The minimum Gasteiger partial charge on any atom is -0.496 e. The van der Waals surface area contributed by atoms with Crippen LogP contribution in [0.2, 0.25) is 0 Å². The Morgan fingerprint density at radius 2 is 2.00 bits per heavy atom. The molecule has 0 spiro atoms. The second-order valence-corrected chi connectivity index (χ2v) is 2.48. The van der Waals surface area contributed by atoms with Crippen molar-refractivity contribution in [2.45, 2.75) is 6.92 Å². The van der Waals surface area contributed by atoms with Crippen molar-refractivity contribution in [2.75, 3.05) is 7.11 Å². The van der Waals surface area contributed by atoms with Gasteiger partial charge >= 0.3 is 0 Å². The van der Waals surface area contributed by atoms with Crippen LogP contribution in [-0.4, -0.2) is 7.11 Å². The second kappa shape index (κ2) is 3.24. The van der Waals surface area contributed by atoms with Gasteiger partial charge in [0.05, 0.1) is 7.11 Å². The number of hydrogen-bond donors (Lipinski definition) is 0. The lowest BCUT2D eigenvalue weighted by molar-refractivity contribution is 0.413. The number of ether oxygens (including phenoxy) is 1. The van der Waals surface area contributed by atoms with Crippen molar-refractivity contribution in [1.82, 2.24) is 0 Å². The molecule has 0 atom stereocenters. The lowest BCUT2D eigenvalue weighted by Crippen LogP contribution is -1.87. The molecular formula is C10H12O. The van der Waals surface area contributed by atoms with Gasteiger partial charge in [-0.2, -0.15) is 0 Å². The molecule has 0 saturated heterocycles. The molecule has 0 aliphatic rings. The van der Waals surface area contributed by atoms with Gasteiger partial charge < -0.3 is 4.74 Å². The van der Waals surface area contributed by atoms with Gasteiger partial charge in [-0.25, -0.2) is 0 Å². The Morgan fingerprint density at radius 3 is 2.45 bits per heavy atom. The quantitative estimate of drug-likeness (QED) is 0.626. The normalized spacial score (nSPS) is 9.27. The maximum absolute atomic E-state index is 5.15. The summed E-state index contributed by atoms with van der Waals surface area (Å²) in [7, 11) is 1.67. The van der Waals surface area contributed by atoms with E-state index >= 15 is 0 Å². The van der Waals surface area contributed by atoms with Gasteiger partial charge in [-0.3, -0.25) is 0 Å². The van der Waals surface area contributed by atoms with Crippen LogP contribution in [0, 0.1) is 0 Å². The summed E-state index contributed by atoms with van der Waals surface area (Å²) in [5, 5.41) is 0. The van der Waals surface area contributed by atoms with Crippen molar-refractivity contribution >= 4 is 5.57 Å². The van der Waals surface area contributed by atoms with Crippen molar-refractivity contribution in [1.29, 1.82) is 0 Å². The summed E-state index contributed by atoms with van der Waals surface area (Å²) in [4.78, 5) is 0. The summed E-state index contributed by atoms with van der Waals surface area (Å²) < 4.78 is 5.15. The van der Waals surface area contributed by atoms with Crippen LogP contribution < -0.4 is 4.74 Å². The Balaban J connectivity index is 3.12. The molecule has 1 aromatic carbocycles. The van der Waals surface area contributed by atoms with Crippen molar-refractivity contribution in [3.8, 4) is 5.75 Å². The third kappa shape index (κ3) is 1.61. The summed E-state index contributed by atoms with van der Waals surface area (Å²) in [6.07, 6.45) is 0. The molecule has 0 unspecified atom stereocenters. The number of para-hydroxylation sites is 1. The van der Waals surface area contributed by atoms with Crippen molar-refractivity contribution in [2.24, 2.45) is 0 Å². The highest BCUT2D eigenvalue weighted by atomic mass is 16.5. The van der Waals surface area contributed by atoms with E-state index in [9.17, 15) is 0 Å². The smallest absolute Gasteiger partial charge is 0.126 e. The third-order valence-corrected chi connectivity index (χ3v) is 1.57. The largest absolute Gasteiger partial charge is 0.496 e. The average molecular weight is 148 g/mol. The van der Waals surface area contributed by atoms with Gasteiger partial charge in [0.2, 0.25) is 0 Å². The highest BCUT2D eigenvalue weighted by Gasteiger charge is 1.99. The van der Waals surface area contributed by atoms with Crippen LogP contribution in [0.5, 0.6) is 5.75 Å². The number of methoxy groups -OCH3 is 1. The molecule has 0 aliphatic carbocycles. The van der Waals surface area contributed by atoms with E-state index in [1.54, 1.807) is 7.11 Å². The van der Waals surface area contributed by atoms with Crippen LogP contribution in [0.15, 0.2) is 30.8 Å². The molecule has 0 heterocycles. The van der Waals surface area contributed by atoms with Crippen LogP contribution in [0.1, 0.15) is 12.5 Å². The number of hydrogen-bond acceptors (Lipinski definition) is 1. The molecule has 1 aromatic rings. The highest BCUT2D eigenvalue weighted by Crippen LogP contribution is 2.23. The molecule has 11 heavy (non-hydrogen) atoms. The molecule has 1 heteroatoms. The standard InChI is InChI=1S/C10H12O/c1-8(2)9-6-4-5-7-10(9)11-3/h4-7H,1H2,2-3H3. The zero-order chi connectivity index (χ0) is 8.27. The monoisotopic (exact) mass is 148 g/mol. The Kier molecular flexibility index (Phi) is 2.32. The van der Waals surface area contributed by atoms with Gasteiger partial charge in [-0.1, -0.05) is 24.8 Å². The van der Waals surface area contributed by atoms with Gasteiger partial charge in [0, 0.05) is 5.56 Å². The molecule has 0 bridgehead atoms. The average Bonchev–Trinajstić information content (AvgIpc) is 2.04. The van der Waals surface area contributed by atoms with Gasteiger partial charge in [-0.15, -0.1) is 0 Å². The first-order chi connectivity index (χ1) is 5.25. The van der Waals surface area contributed by atoms with E-state index in [4.69, 9.17) is 4.74 Å². The molecule has 0 aliphatic heterocycles. The third-order valence-electron chi connectivity index (χ3n) is 1.57. The van der Waals surface area contributed by atoms with Gasteiger partial charge in [-0.05, 0) is 18.6 Å². The molecule has 0 fully saturated rings. The van der Waals surface area contributed by atoms with Crippen LogP contribution in [0.4, 0.5) is 0 Å². The van der Waals surface area contributed by atoms with Crippen LogP contribution >= 0.6 is 0 Å². The summed E-state index contributed by atoms with van der Waals surface area (Å²) in [6, 6.07) is 7.86. The Morgan fingerprint density at radius 1 is 1.36 bits per heavy atom. The van der Waals surface area contributed by atoms with Crippen molar-refractivity contribution < 1.29 is 4.74 Å². The lowest BCUT2D eigenvalue weighted by atomic mass is 10.1. The molecule has 0 aromatic heterocycles. The fraction of sp³-hybridized carbons (Fsp3) is 0.200. The van der Waals surface area contributed by atoms with E-state index in [0.717, 1.165) is 16.9 Å². The van der Waals surface area contributed by atoms with Crippen molar-refractivity contribution in [3.05, 3.63) is 36.4 Å². The number of benzene rings is 1. The van der Waals surface area contributed by atoms with Crippen LogP contribution in [0.25, 0.3) is 5.57 Å². The Bertz CT molecular complexity index is 263. The van der Waals surface area contributed by atoms with E-state index in [2.05, 4.69) is 6.58 Å². The maximum Gasteiger partial charge on any atom is 0.126 e. The first-order valence-electron chi connectivity index (χ1n) is 3.54. The minimum atomic E-state index is 0.889. The number of allylic oxidation sites excluding steroid dienone is 1. The SMILES string of the molecule is C=C(C)c1ccccc1OC. The van der Waals surface area contributed by atoms with E-state index in [0.29, 0.717) is 0 Å². The Labute approximate surface area is 67.3 Å².